The van der Waals surface area contributed by atoms with E-state index in [0.717, 1.165) is 25.7 Å². The van der Waals surface area contributed by atoms with Crippen LogP contribution in [0.15, 0.2) is 0 Å². The van der Waals surface area contributed by atoms with Crippen molar-refractivity contribution < 1.29 is 9.90 Å². The van der Waals surface area contributed by atoms with Gasteiger partial charge in [-0.1, -0.05) is 12.8 Å². The second-order valence-electron chi connectivity index (χ2n) is 4.08. The van der Waals surface area contributed by atoms with E-state index >= 15 is 0 Å². The number of carbonyl (C=O) groups is 1. The quantitative estimate of drug-likeness (QED) is 0.624. The monoisotopic (exact) mass is 172 g/mol. The van der Waals surface area contributed by atoms with E-state index in [1.807, 2.05) is 13.8 Å². The number of rotatable bonds is 6. The molecule has 0 aromatic heterocycles. The smallest absolute Gasteiger partial charge is 0.129 e. The number of unbranched alkanes of at least 4 members (excludes halogenated alkanes) is 2. The van der Waals surface area contributed by atoms with Crippen LogP contribution in [0.1, 0.15) is 52.9 Å². The summed E-state index contributed by atoms with van der Waals surface area (Å²) >= 11 is 0. The molecule has 1 N–H and O–H groups in total. The maximum Gasteiger partial charge on any atom is 0.129 e. The van der Waals surface area contributed by atoms with Gasteiger partial charge in [0.15, 0.2) is 0 Å². The lowest BCUT2D eigenvalue weighted by atomic mass is 10.00. The molecule has 0 aliphatic carbocycles. The number of carbonyl (C=O) groups excluding carboxylic acids is 1. The molecule has 0 aliphatic rings. The van der Waals surface area contributed by atoms with E-state index in [9.17, 15) is 9.90 Å². The van der Waals surface area contributed by atoms with Crippen LogP contribution in [0.2, 0.25) is 0 Å². The summed E-state index contributed by atoms with van der Waals surface area (Å²) in [6.07, 6.45) is 4.53. The first-order valence-electron chi connectivity index (χ1n) is 4.63. The molecule has 72 valence electrons. The van der Waals surface area contributed by atoms with E-state index in [2.05, 4.69) is 0 Å². The van der Waals surface area contributed by atoms with Crippen LogP contribution in [0, 0.1) is 0 Å². The Labute approximate surface area is 75.0 Å². The molecule has 0 fully saturated rings. The van der Waals surface area contributed by atoms with Gasteiger partial charge in [0.25, 0.3) is 0 Å². The van der Waals surface area contributed by atoms with Gasteiger partial charge in [0, 0.05) is 6.42 Å². The first-order chi connectivity index (χ1) is 5.42. The molecule has 0 heterocycles. The Bertz CT molecular complexity index is 133. The fourth-order valence-electron chi connectivity index (χ4n) is 1.11. The predicted molar refractivity (Wildman–Crippen MR) is 50.1 cm³/mol. The molecule has 0 saturated heterocycles. The Morgan fingerprint density at radius 1 is 1.25 bits per heavy atom. The molecule has 0 rings (SSSR count). The van der Waals surface area contributed by atoms with E-state index in [0.29, 0.717) is 6.42 Å². The standard InChI is InChI=1S/C10H20O2/c1-9(11)7-5-4-6-8-10(2,3)12/h12H,4-8H2,1-3H3. The van der Waals surface area contributed by atoms with Gasteiger partial charge in [0.2, 0.25) is 0 Å². The Hall–Kier alpha value is -0.370. The Morgan fingerprint density at radius 3 is 2.25 bits per heavy atom. The highest BCUT2D eigenvalue weighted by Gasteiger charge is 2.10. The van der Waals surface area contributed by atoms with Crippen molar-refractivity contribution in [1.29, 1.82) is 0 Å². The van der Waals surface area contributed by atoms with Crippen molar-refractivity contribution in [2.45, 2.75) is 58.5 Å². The molecule has 0 radical (unpaired) electrons. The van der Waals surface area contributed by atoms with Crippen LogP contribution in [0.5, 0.6) is 0 Å². The molecule has 0 atom stereocenters. The van der Waals surface area contributed by atoms with E-state index in [4.69, 9.17) is 0 Å². The fourth-order valence-corrected chi connectivity index (χ4v) is 1.11. The number of Topliss-reactive ketones (excluding diaryl/α,β-unsaturated/α-hetero) is 1. The Balaban J connectivity index is 3.17. The van der Waals surface area contributed by atoms with Gasteiger partial charge >= 0.3 is 0 Å². The van der Waals surface area contributed by atoms with Crippen molar-refractivity contribution in [3.8, 4) is 0 Å². The van der Waals surface area contributed by atoms with Crippen LogP contribution in [-0.4, -0.2) is 16.5 Å². The maximum absolute atomic E-state index is 10.6. The molecule has 2 heteroatoms. The van der Waals surface area contributed by atoms with Gasteiger partial charge < -0.3 is 9.90 Å². The van der Waals surface area contributed by atoms with Gasteiger partial charge in [-0.25, -0.2) is 0 Å². The minimum atomic E-state index is -0.545. The van der Waals surface area contributed by atoms with Crippen LogP contribution < -0.4 is 0 Å². The summed E-state index contributed by atoms with van der Waals surface area (Å²) in [5.74, 6) is 0.262. The molecular weight excluding hydrogens is 152 g/mol. The van der Waals surface area contributed by atoms with Crippen molar-refractivity contribution in [2.24, 2.45) is 0 Å². The fraction of sp³-hybridized carbons (Fsp3) is 0.900. The Morgan fingerprint density at radius 2 is 1.83 bits per heavy atom. The molecule has 0 saturated carbocycles. The van der Waals surface area contributed by atoms with Gasteiger partial charge in [-0.3, -0.25) is 0 Å². The lowest BCUT2D eigenvalue weighted by Crippen LogP contribution is -2.17. The van der Waals surface area contributed by atoms with E-state index in [1.165, 1.54) is 0 Å². The van der Waals surface area contributed by atoms with Crippen LogP contribution in [0.25, 0.3) is 0 Å². The minimum Gasteiger partial charge on any atom is -0.390 e. The van der Waals surface area contributed by atoms with Gasteiger partial charge in [0.1, 0.15) is 5.78 Å². The zero-order chi connectivity index (χ0) is 9.61. The molecule has 0 unspecified atom stereocenters. The highest BCUT2D eigenvalue weighted by molar-refractivity contribution is 5.75. The normalized spacial score (nSPS) is 11.7. The Kier molecular flexibility index (Phi) is 5.14. The summed E-state index contributed by atoms with van der Waals surface area (Å²) in [6.45, 7) is 5.26. The van der Waals surface area contributed by atoms with Gasteiger partial charge in [-0.05, 0) is 33.6 Å². The zero-order valence-corrected chi connectivity index (χ0v) is 8.39. The molecule has 0 spiro atoms. The average Bonchev–Trinajstić information content (AvgIpc) is 1.83. The van der Waals surface area contributed by atoms with E-state index < -0.39 is 5.60 Å². The molecule has 0 aromatic rings. The average molecular weight is 172 g/mol. The van der Waals surface area contributed by atoms with E-state index in [-0.39, 0.29) is 5.78 Å². The summed E-state index contributed by atoms with van der Waals surface area (Å²) in [5, 5.41) is 9.36. The van der Waals surface area contributed by atoms with Crippen LogP contribution in [0.4, 0.5) is 0 Å². The zero-order valence-electron chi connectivity index (χ0n) is 8.39. The number of aliphatic hydroxyl groups is 1. The highest BCUT2D eigenvalue weighted by Crippen LogP contribution is 2.13. The second-order valence-corrected chi connectivity index (χ2v) is 4.08. The summed E-state index contributed by atoms with van der Waals surface area (Å²) in [7, 11) is 0. The molecule has 0 amide bonds. The minimum absolute atomic E-state index is 0.262. The van der Waals surface area contributed by atoms with Crippen LogP contribution in [0.3, 0.4) is 0 Å². The largest absolute Gasteiger partial charge is 0.390 e. The summed E-state index contributed by atoms with van der Waals surface area (Å²) < 4.78 is 0. The first-order valence-corrected chi connectivity index (χ1v) is 4.63. The third-order valence-corrected chi connectivity index (χ3v) is 1.82. The topological polar surface area (TPSA) is 37.3 Å². The van der Waals surface area contributed by atoms with Crippen molar-refractivity contribution >= 4 is 5.78 Å². The first kappa shape index (κ1) is 11.6. The van der Waals surface area contributed by atoms with Crippen molar-refractivity contribution in [1.82, 2.24) is 0 Å². The molecule has 2 nitrogen and oxygen atoms in total. The molecule has 0 aromatic carbocycles. The molecule has 12 heavy (non-hydrogen) atoms. The van der Waals surface area contributed by atoms with Gasteiger partial charge in [0.05, 0.1) is 5.60 Å². The van der Waals surface area contributed by atoms with Crippen molar-refractivity contribution in [3.05, 3.63) is 0 Å². The van der Waals surface area contributed by atoms with Crippen LogP contribution >= 0.6 is 0 Å². The maximum atomic E-state index is 10.6. The lowest BCUT2D eigenvalue weighted by molar-refractivity contribution is -0.117. The molecule has 0 bridgehead atoms. The van der Waals surface area contributed by atoms with Gasteiger partial charge in [-0.2, -0.15) is 0 Å². The second kappa shape index (κ2) is 5.31. The summed E-state index contributed by atoms with van der Waals surface area (Å²) in [6, 6.07) is 0. The van der Waals surface area contributed by atoms with Crippen molar-refractivity contribution in [3.63, 3.8) is 0 Å². The van der Waals surface area contributed by atoms with E-state index in [1.54, 1.807) is 6.92 Å². The number of hydrogen-bond acceptors (Lipinski definition) is 2. The number of hydrogen-bond donors (Lipinski definition) is 1. The van der Waals surface area contributed by atoms with Crippen molar-refractivity contribution in [2.75, 3.05) is 0 Å². The lowest BCUT2D eigenvalue weighted by Gasteiger charge is -2.15. The summed E-state index contributed by atoms with van der Waals surface area (Å²) in [4.78, 5) is 10.6. The van der Waals surface area contributed by atoms with Gasteiger partial charge in [-0.15, -0.1) is 0 Å². The predicted octanol–water partition coefficient (Wildman–Crippen LogP) is 2.30. The SMILES string of the molecule is CC(=O)CCCCCC(C)(C)O. The third kappa shape index (κ3) is 9.63. The van der Waals surface area contributed by atoms with Crippen LogP contribution in [-0.2, 0) is 4.79 Å². The third-order valence-electron chi connectivity index (χ3n) is 1.82. The molecule has 0 aliphatic heterocycles. The summed E-state index contributed by atoms with van der Waals surface area (Å²) in [5.41, 5.74) is -0.545. The molecular formula is C10H20O2. The highest BCUT2D eigenvalue weighted by atomic mass is 16.3. The number of ketones is 1.